The van der Waals surface area contributed by atoms with Crippen LogP contribution >= 0.6 is 0 Å². The molecule has 1 saturated heterocycles. The molecule has 5 nitrogen and oxygen atoms in total. The van der Waals surface area contributed by atoms with Crippen LogP contribution in [-0.2, 0) is 11.2 Å². The van der Waals surface area contributed by atoms with Crippen LogP contribution in [0.2, 0.25) is 0 Å². The Morgan fingerprint density at radius 2 is 1.96 bits per heavy atom. The number of ketones is 1. The van der Waals surface area contributed by atoms with Crippen molar-refractivity contribution in [3.8, 4) is 5.75 Å². The Labute approximate surface area is 150 Å². The van der Waals surface area contributed by atoms with Gasteiger partial charge in [-0.25, -0.2) is 0 Å². The molecule has 1 aromatic rings. The molecule has 138 valence electrons. The number of methoxy groups -OCH3 is 1. The van der Waals surface area contributed by atoms with Gasteiger partial charge in [-0.3, -0.25) is 9.59 Å². The molecule has 0 aromatic heterocycles. The molecule has 1 atom stereocenters. The SMILES string of the molecule is CC[C@H](CN1CCCCC1)NC(=O)Cc1cc(C(C)=O)ccc1OC. The van der Waals surface area contributed by atoms with E-state index in [-0.39, 0.29) is 24.2 Å². The molecule has 5 heteroatoms. The zero-order valence-electron chi connectivity index (χ0n) is 15.6. The van der Waals surface area contributed by atoms with Crippen molar-refractivity contribution in [3.05, 3.63) is 29.3 Å². The molecule has 0 spiro atoms. The fraction of sp³-hybridized carbons (Fsp3) is 0.600. The first kappa shape index (κ1) is 19.4. The lowest BCUT2D eigenvalue weighted by Gasteiger charge is -2.30. The van der Waals surface area contributed by atoms with Crippen LogP contribution in [0, 0.1) is 0 Å². The van der Waals surface area contributed by atoms with E-state index in [1.54, 1.807) is 25.3 Å². The smallest absolute Gasteiger partial charge is 0.224 e. The molecule has 1 aliphatic rings. The third kappa shape index (κ3) is 5.85. The molecule has 25 heavy (non-hydrogen) atoms. The van der Waals surface area contributed by atoms with Crippen molar-refractivity contribution in [2.75, 3.05) is 26.7 Å². The summed E-state index contributed by atoms with van der Waals surface area (Å²) in [6, 6.07) is 5.40. The van der Waals surface area contributed by atoms with Crippen molar-refractivity contribution in [3.63, 3.8) is 0 Å². The van der Waals surface area contributed by atoms with Crippen LogP contribution in [0.25, 0.3) is 0 Å². The van der Waals surface area contributed by atoms with Crippen LogP contribution in [-0.4, -0.2) is 49.4 Å². The molecule has 1 amide bonds. The molecule has 1 heterocycles. The largest absolute Gasteiger partial charge is 0.496 e. The summed E-state index contributed by atoms with van der Waals surface area (Å²) in [5.74, 6) is 0.605. The summed E-state index contributed by atoms with van der Waals surface area (Å²) in [6.07, 6.45) is 4.94. The average molecular weight is 346 g/mol. The van der Waals surface area contributed by atoms with Crippen LogP contribution in [0.1, 0.15) is 55.5 Å². The number of carbonyl (C=O) groups excluding carboxylic acids is 2. The molecule has 2 rings (SSSR count). The number of carbonyl (C=O) groups is 2. The Hall–Kier alpha value is -1.88. The highest BCUT2D eigenvalue weighted by Gasteiger charge is 2.18. The van der Waals surface area contributed by atoms with Crippen molar-refractivity contribution in [2.45, 2.75) is 52.0 Å². The van der Waals surface area contributed by atoms with Crippen LogP contribution in [0.15, 0.2) is 18.2 Å². The fourth-order valence-corrected chi connectivity index (χ4v) is 3.32. The maximum Gasteiger partial charge on any atom is 0.224 e. The lowest BCUT2D eigenvalue weighted by Crippen LogP contribution is -2.45. The highest BCUT2D eigenvalue weighted by molar-refractivity contribution is 5.94. The normalized spacial score (nSPS) is 16.3. The molecule has 1 aromatic carbocycles. The number of nitrogens with one attached hydrogen (secondary N) is 1. The van der Waals surface area contributed by atoms with E-state index in [0.29, 0.717) is 11.3 Å². The van der Waals surface area contributed by atoms with Gasteiger partial charge in [0, 0.05) is 23.7 Å². The number of nitrogens with zero attached hydrogens (tertiary/aromatic N) is 1. The standard InChI is InChI=1S/C20H30N2O3/c1-4-18(14-22-10-6-5-7-11-22)21-20(24)13-17-12-16(15(2)23)8-9-19(17)25-3/h8-9,12,18H,4-7,10-11,13-14H2,1-3H3,(H,21,24)/t18-/m1/s1. The van der Waals surface area contributed by atoms with E-state index in [2.05, 4.69) is 17.1 Å². The van der Waals surface area contributed by atoms with Gasteiger partial charge < -0.3 is 15.0 Å². The lowest BCUT2D eigenvalue weighted by atomic mass is 10.0. The van der Waals surface area contributed by atoms with Crippen LogP contribution in [0.5, 0.6) is 5.75 Å². The van der Waals surface area contributed by atoms with E-state index in [1.165, 1.54) is 26.2 Å². The number of hydrogen-bond donors (Lipinski definition) is 1. The minimum Gasteiger partial charge on any atom is -0.496 e. The van der Waals surface area contributed by atoms with Gasteiger partial charge in [-0.1, -0.05) is 13.3 Å². The number of hydrogen-bond acceptors (Lipinski definition) is 4. The molecule has 0 unspecified atom stereocenters. The number of benzene rings is 1. The number of likely N-dealkylation sites (tertiary alicyclic amines) is 1. The Morgan fingerprint density at radius 3 is 2.56 bits per heavy atom. The quantitative estimate of drug-likeness (QED) is 0.736. The second-order valence-electron chi connectivity index (χ2n) is 6.79. The predicted octanol–water partition coefficient (Wildman–Crippen LogP) is 2.82. The monoisotopic (exact) mass is 346 g/mol. The molecule has 0 saturated carbocycles. The number of ether oxygens (including phenoxy) is 1. The van der Waals surface area contributed by atoms with Gasteiger partial charge >= 0.3 is 0 Å². The maximum atomic E-state index is 12.5. The van der Waals surface area contributed by atoms with Crippen LogP contribution < -0.4 is 10.1 Å². The molecule has 0 bridgehead atoms. The van der Waals surface area contributed by atoms with Gasteiger partial charge in [0.05, 0.1) is 13.5 Å². The first-order valence-electron chi connectivity index (χ1n) is 9.23. The van der Waals surface area contributed by atoms with Gasteiger partial charge in [-0.15, -0.1) is 0 Å². The third-order valence-corrected chi connectivity index (χ3v) is 4.82. The van der Waals surface area contributed by atoms with Crippen LogP contribution in [0.4, 0.5) is 0 Å². The van der Waals surface area contributed by atoms with Crippen LogP contribution in [0.3, 0.4) is 0 Å². The minimum absolute atomic E-state index is 0.0131. The molecule has 1 N–H and O–H groups in total. The van der Waals surface area contributed by atoms with Crippen molar-refractivity contribution in [1.29, 1.82) is 0 Å². The summed E-state index contributed by atoms with van der Waals surface area (Å²) >= 11 is 0. The zero-order valence-corrected chi connectivity index (χ0v) is 15.6. The maximum absolute atomic E-state index is 12.5. The predicted molar refractivity (Wildman–Crippen MR) is 99.2 cm³/mol. The number of rotatable bonds is 8. The summed E-state index contributed by atoms with van der Waals surface area (Å²) in [7, 11) is 1.58. The highest BCUT2D eigenvalue weighted by atomic mass is 16.5. The van der Waals surface area contributed by atoms with E-state index < -0.39 is 0 Å². The van der Waals surface area contributed by atoms with Crippen molar-refractivity contribution >= 4 is 11.7 Å². The molecular formula is C20H30N2O3. The highest BCUT2D eigenvalue weighted by Crippen LogP contribution is 2.21. The van der Waals surface area contributed by atoms with Crippen molar-refractivity contribution in [2.24, 2.45) is 0 Å². The van der Waals surface area contributed by atoms with Gasteiger partial charge in [0.15, 0.2) is 5.78 Å². The summed E-state index contributed by atoms with van der Waals surface area (Å²) in [5, 5.41) is 3.14. The second kappa shape index (κ2) is 9.56. The first-order chi connectivity index (χ1) is 12.0. The second-order valence-corrected chi connectivity index (χ2v) is 6.79. The number of amides is 1. The number of piperidine rings is 1. The first-order valence-corrected chi connectivity index (χ1v) is 9.23. The topological polar surface area (TPSA) is 58.6 Å². The Balaban J connectivity index is 1.97. The summed E-state index contributed by atoms with van der Waals surface area (Å²) in [4.78, 5) is 26.5. The van der Waals surface area contributed by atoms with Crippen molar-refractivity contribution in [1.82, 2.24) is 10.2 Å². The van der Waals surface area contributed by atoms with Gasteiger partial charge in [0.2, 0.25) is 5.91 Å². The van der Waals surface area contributed by atoms with E-state index in [9.17, 15) is 9.59 Å². The third-order valence-electron chi connectivity index (χ3n) is 4.82. The van der Waals surface area contributed by atoms with Gasteiger partial charge in [0.25, 0.3) is 0 Å². The zero-order chi connectivity index (χ0) is 18.2. The fourth-order valence-electron chi connectivity index (χ4n) is 3.32. The molecule has 0 aliphatic carbocycles. The molecule has 0 radical (unpaired) electrons. The molecule has 1 aliphatic heterocycles. The van der Waals surface area contributed by atoms with E-state index in [1.807, 2.05) is 0 Å². The molecule has 1 fully saturated rings. The molecular weight excluding hydrogens is 316 g/mol. The lowest BCUT2D eigenvalue weighted by molar-refractivity contribution is -0.121. The van der Waals surface area contributed by atoms with Gasteiger partial charge in [-0.05, 0) is 57.5 Å². The van der Waals surface area contributed by atoms with E-state index in [4.69, 9.17) is 4.74 Å². The Morgan fingerprint density at radius 1 is 1.24 bits per heavy atom. The number of Topliss-reactive ketones (excluding diaryl/α,β-unsaturated/α-hetero) is 1. The van der Waals surface area contributed by atoms with Gasteiger partial charge in [-0.2, -0.15) is 0 Å². The van der Waals surface area contributed by atoms with Crippen molar-refractivity contribution < 1.29 is 14.3 Å². The average Bonchev–Trinajstić information content (AvgIpc) is 2.61. The summed E-state index contributed by atoms with van der Waals surface area (Å²) < 4.78 is 5.33. The summed E-state index contributed by atoms with van der Waals surface area (Å²) in [6.45, 7) is 6.79. The van der Waals surface area contributed by atoms with Gasteiger partial charge in [0.1, 0.15) is 5.75 Å². The Bertz CT molecular complexity index is 595. The van der Waals surface area contributed by atoms with E-state index >= 15 is 0 Å². The Kier molecular flexibility index (Phi) is 7.44. The van der Waals surface area contributed by atoms with E-state index in [0.717, 1.165) is 31.6 Å². The minimum atomic E-state index is -0.0251. The summed E-state index contributed by atoms with van der Waals surface area (Å²) in [5.41, 5.74) is 1.35.